The van der Waals surface area contributed by atoms with Gasteiger partial charge >= 0.3 is 12.3 Å². The average Bonchev–Trinajstić information content (AvgIpc) is 3.44. The molecule has 234 valence electrons. The van der Waals surface area contributed by atoms with Gasteiger partial charge in [-0.1, -0.05) is 34.8 Å². The number of alkyl halides is 5. The largest absolute Gasteiger partial charge is 0.444 e. The number of carbonyl (C=O) groups excluding carboxylic acids is 3. The van der Waals surface area contributed by atoms with Crippen molar-refractivity contribution in [2.75, 3.05) is 16.0 Å². The molecule has 0 aliphatic heterocycles. The number of amides is 3. The van der Waals surface area contributed by atoms with Gasteiger partial charge in [0.15, 0.2) is 0 Å². The third kappa shape index (κ3) is 8.19. The topological polar surface area (TPSA) is 109 Å². The maximum absolute atomic E-state index is 13.6. The lowest BCUT2D eigenvalue weighted by atomic mass is 10.1. The van der Waals surface area contributed by atoms with E-state index in [-0.39, 0.29) is 16.3 Å². The lowest BCUT2D eigenvalue weighted by Gasteiger charge is -2.20. The minimum Gasteiger partial charge on any atom is -0.444 e. The number of benzene rings is 2. The third-order valence-corrected chi connectivity index (χ3v) is 7.79. The van der Waals surface area contributed by atoms with Crippen LogP contribution in [0.4, 0.5) is 35.3 Å². The summed E-state index contributed by atoms with van der Waals surface area (Å²) in [5.74, 6) is -4.14. The van der Waals surface area contributed by atoms with E-state index >= 15 is 0 Å². The summed E-state index contributed by atoms with van der Waals surface area (Å²) in [5, 5.41) is 7.55. The molecule has 0 saturated heterocycles. The van der Waals surface area contributed by atoms with Gasteiger partial charge in [0.25, 0.3) is 5.91 Å². The Morgan fingerprint density at radius 2 is 1.45 bits per heavy atom. The Hall–Kier alpha value is -2.96. The van der Waals surface area contributed by atoms with Crippen molar-refractivity contribution < 1.29 is 32.3 Å². The van der Waals surface area contributed by atoms with Crippen molar-refractivity contribution in [3.63, 3.8) is 0 Å². The Kier molecular flexibility index (Phi) is 9.59. The third-order valence-electron chi connectivity index (χ3n) is 6.08. The van der Waals surface area contributed by atoms with Gasteiger partial charge in [0.2, 0.25) is 5.91 Å². The highest BCUT2D eigenvalue weighted by molar-refractivity contribution is 6.53. The summed E-state index contributed by atoms with van der Waals surface area (Å²) in [4.78, 5) is 42.2. The van der Waals surface area contributed by atoms with Gasteiger partial charge < -0.3 is 15.4 Å². The van der Waals surface area contributed by atoms with Crippen LogP contribution >= 0.6 is 58.0 Å². The fourth-order valence-electron chi connectivity index (χ4n) is 4.23. The van der Waals surface area contributed by atoms with Gasteiger partial charge in [-0.3, -0.25) is 14.9 Å². The summed E-state index contributed by atoms with van der Waals surface area (Å²) in [6.45, 7) is 4.70. The first kappa shape index (κ1) is 33.9. The zero-order chi connectivity index (χ0) is 32.8. The lowest BCUT2D eigenvalue weighted by Crippen LogP contribution is -2.27. The number of anilines is 3. The van der Waals surface area contributed by atoms with Gasteiger partial charge in [-0.15, -0.1) is 23.2 Å². The van der Waals surface area contributed by atoms with E-state index in [0.717, 1.165) is 0 Å². The van der Waals surface area contributed by atoms with Crippen LogP contribution in [0.5, 0.6) is 0 Å². The number of aromatic nitrogens is 1. The smallest absolute Gasteiger partial charge is 0.416 e. The van der Waals surface area contributed by atoms with Crippen molar-refractivity contribution in [3.8, 4) is 0 Å². The van der Waals surface area contributed by atoms with Crippen LogP contribution in [-0.4, -0.2) is 32.8 Å². The molecule has 3 amide bonds. The van der Waals surface area contributed by atoms with E-state index in [1.165, 1.54) is 24.3 Å². The number of ether oxygens (including phenoxy) is 1. The molecule has 44 heavy (non-hydrogen) atoms. The normalized spacial score (nSPS) is 17.4. The maximum Gasteiger partial charge on any atom is 0.416 e. The first-order valence-electron chi connectivity index (χ1n) is 12.6. The van der Waals surface area contributed by atoms with Crippen LogP contribution in [0.1, 0.15) is 48.2 Å². The quantitative estimate of drug-likeness (QED) is 0.221. The van der Waals surface area contributed by atoms with E-state index < -0.39 is 63.1 Å². The zero-order valence-corrected chi connectivity index (χ0v) is 26.7. The zero-order valence-electron chi connectivity index (χ0n) is 22.9. The molecule has 2 atom stereocenters. The molecule has 1 aromatic heterocycles. The molecular weight excluding hydrogens is 691 g/mol. The lowest BCUT2D eigenvalue weighted by molar-refractivity contribution is -0.137. The number of halogens is 8. The Morgan fingerprint density at radius 1 is 0.864 bits per heavy atom. The number of rotatable bonds is 6. The van der Waals surface area contributed by atoms with Crippen molar-refractivity contribution in [1.29, 1.82) is 0 Å². The second-order valence-electron chi connectivity index (χ2n) is 10.7. The Morgan fingerprint density at radius 3 is 2.02 bits per heavy atom. The summed E-state index contributed by atoms with van der Waals surface area (Å²) < 4.78 is 44.3. The number of hydrogen-bond donors (Lipinski definition) is 3. The molecule has 2 unspecified atom stereocenters. The molecule has 0 radical (unpaired) electrons. The van der Waals surface area contributed by atoms with E-state index in [0.29, 0.717) is 27.7 Å². The molecule has 0 bridgehead atoms. The SMILES string of the molecule is CC(C)(C)OC(=O)Nc1cc(C(F)(F)F)cc(NC(=O)c2cc(NC(=O)C3C(c4cc(Cl)cc(Cl)c4)C3(Cl)Cl)ccc2Cl)n1. The van der Waals surface area contributed by atoms with E-state index in [1.54, 1.807) is 32.9 Å². The fraction of sp³-hybridized carbons (Fsp3) is 0.286. The molecule has 8 nitrogen and oxygen atoms in total. The van der Waals surface area contributed by atoms with Crippen LogP contribution in [0.25, 0.3) is 0 Å². The van der Waals surface area contributed by atoms with Crippen molar-refractivity contribution in [2.24, 2.45) is 5.92 Å². The van der Waals surface area contributed by atoms with Gasteiger partial charge in [0.05, 0.1) is 22.1 Å². The van der Waals surface area contributed by atoms with Crippen LogP contribution < -0.4 is 16.0 Å². The average molecular weight is 713 g/mol. The van der Waals surface area contributed by atoms with Crippen molar-refractivity contribution in [3.05, 3.63) is 80.3 Å². The summed E-state index contributed by atoms with van der Waals surface area (Å²) >= 11 is 31.1. The molecule has 1 fully saturated rings. The highest BCUT2D eigenvalue weighted by atomic mass is 35.5. The minimum atomic E-state index is -4.84. The van der Waals surface area contributed by atoms with E-state index in [9.17, 15) is 27.6 Å². The molecule has 3 aromatic rings. The molecule has 4 rings (SSSR count). The Labute approximate surface area is 274 Å². The van der Waals surface area contributed by atoms with E-state index in [2.05, 4.69) is 20.9 Å². The highest BCUT2D eigenvalue weighted by Gasteiger charge is 2.67. The van der Waals surface area contributed by atoms with Crippen LogP contribution in [0.3, 0.4) is 0 Å². The van der Waals surface area contributed by atoms with Crippen LogP contribution in [-0.2, 0) is 15.7 Å². The second-order valence-corrected chi connectivity index (χ2v) is 13.4. The molecule has 2 aromatic carbocycles. The number of nitrogens with one attached hydrogen (secondary N) is 3. The standard InChI is InChI=1S/C28H22Cl5F3N4O4/c1-26(2,3)44-25(43)40-20-9-13(28(34,35)36)8-19(38-20)39-23(41)17-11-16(4-5-18(17)31)37-24(42)22-21(27(22,32)33)12-6-14(29)10-15(30)7-12/h4-11,21-22H,1-3H3,(H,37,42)(H2,38,39,40,41,43). The second kappa shape index (κ2) is 12.4. The van der Waals surface area contributed by atoms with Gasteiger partial charge in [-0.2, -0.15) is 13.2 Å². The summed E-state index contributed by atoms with van der Waals surface area (Å²) in [5.41, 5.74) is -1.67. The number of nitrogens with zero attached hydrogens (tertiary/aromatic N) is 1. The first-order valence-corrected chi connectivity index (χ1v) is 14.5. The van der Waals surface area contributed by atoms with Crippen molar-refractivity contribution >= 4 is 93.2 Å². The Balaban J connectivity index is 1.53. The molecule has 1 aliphatic rings. The molecule has 0 spiro atoms. The number of carbonyl (C=O) groups is 3. The van der Waals surface area contributed by atoms with Crippen LogP contribution in [0.15, 0.2) is 48.5 Å². The summed E-state index contributed by atoms with van der Waals surface area (Å²) in [7, 11) is 0. The van der Waals surface area contributed by atoms with Crippen LogP contribution in [0.2, 0.25) is 15.1 Å². The van der Waals surface area contributed by atoms with E-state index in [1.807, 2.05) is 0 Å². The number of hydrogen-bond acceptors (Lipinski definition) is 5. The minimum absolute atomic E-state index is 0.0820. The predicted octanol–water partition coefficient (Wildman–Crippen LogP) is 9.19. The fourth-order valence-corrected chi connectivity index (χ4v) is 5.81. The predicted molar refractivity (Wildman–Crippen MR) is 164 cm³/mol. The summed E-state index contributed by atoms with van der Waals surface area (Å²) in [6.07, 6.45) is -5.89. The molecule has 16 heteroatoms. The Bertz CT molecular complexity index is 1630. The molecule has 3 N–H and O–H groups in total. The van der Waals surface area contributed by atoms with Gasteiger partial charge in [0, 0.05) is 21.7 Å². The maximum atomic E-state index is 13.6. The number of pyridine rings is 1. The molecular formula is C28H22Cl5F3N4O4. The van der Waals surface area contributed by atoms with Gasteiger partial charge in [0.1, 0.15) is 21.6 Å². The molecule has 1 aliphatic carbocycles. The van der Waals surface area contributed by atoms with Gasteiger partial charge in [-0.25, -0.2) is 9.78 Å². The monoisotopic (exact) mass is 710 g/mol. The van der Waals surface area contributed by atoms with Crippen molar-refractivity contribution in [2.45, 2.75) is 42.8 Å². The van der Waals surface area contributed by atoms with Gasteiger partial charge in [-0.05, 0) is 74.9 Å². The van der Waals surface area contributed by atoms with Crippen LogP contribution in [0, 0.1) is 5.92 Å². The highest BCUT2D eigenvalue weighted by Crippen LogP contribution is 2.65. The first-order chi connectivity index (χ1) is 20.2. The van der Waals surface area contributed by atoms with E-state index in [4.69, 9.17) is 62.7 Å². The summed E-state index contributed by atoms with van der Waals surface area (Å²) in [6, 6.07) is 9.77. The van der Waals surface area contributed by atoms with Crippen molar-refractivity contribution in [1.82, 2.24) is 4.98 Å². The molecule has 1 saturated carbocycles. The molecule has 1 heterocycles.